The van der Waals surface area contributed by atoms with E-state index in [2.05, 4.69) is 12.1 Å². The molecule has 0 spiro atoms. The standard InChI is InChI=1S/C18H13N3O2/c1-2-23-18(22)11-21-16-5-3-12(9-19)7-14(16)15-8-13(10-20)4-6-17(15)21/h3-8H,2,11H2,1H3. The summed E-state index contributed by atoms with van der Waals surface area (Å²) in [5.74, 6) is -0.319. The number of esters is 1. The summed E-state index contributed by atoms with van der Waals surface area (Å²) in [6, 6.07) is 14.9. The van der Waals surface area contributed by atoms with Crippen LogP contribution in [0.4, 0.5) is 0 Å². The third kappa shape index (κ3) is 2.49. The zero-order valence-electron chi connectivity index (χ0n) is 12.5. The lowest BCUT2D eigenvalue weighted by atomic mass is 10.1. The number of hydrogen-bond acceptors (Lipinski definition) is 4. The van der Waals surface area contributed by atoms with Crippen LogP contribution in [-0.4, -0.2) is 17.1 Å². The number of nitriles is 2. The largest absolute Gasteiger partial charge is 0.465 e. The SMILES string of the molecule is CCOC(=O)Cn1c2ccc(C#N)cc2c2cc(C#N)ccc21. The first-order chi connectivity index (χ1) is 11.2. The summed E-state index contributed by atoms with van der Waals surface area (Å²) in [6.45, 7) is 2.18. The minimum atomic E-state index is -0.319. The number of ether oxygens (including phenoxy) is 1. The molecule has 0 saturated carbocycles. The van der Waals surface area contributed by atoms with Gasteiger partial charge in [-0.3, -0.25) is 4.79 Å². The summed E-state index contributed by atoms with van der Waals surface area (Å²) < 4.78 is 6.89. The first-order valence-electron chi connectivity index (χ1n) is 7.19. The molecule has 1 aromatic heterocycles. The molecular weight excluding hydrogens is 290 g/mol. The number of aromatic nitrogens is 1. The van der Waals surface area contributed by atoms with E-state index in [0.717, 1.165) is 21.8 Å². The van der Waals surface area contributed by atoms with E-state index in [0.29, 0.717) is 17.7 Å². The van der Waals surface area contributed by atoms with Gasteiger partial charge in [0.25, 0.3) is 0 Å². The van der Waals surface area contributed by atoms with Crippen molar-refractivity contribution in [2.24, 2.45) is 0 Å². The summed E-state index contributed by atoms with van der Waals surface area (Å²) in [6.07, 6.45) is 0. The highest BCUT2D eigenvalue weighted by Crippen LogP contribution is 2.30. The van der Waals surface area contributed by atoms with Gasteiger partial charge in [0.15, 0.2) is 0 Å². The van der Waals surface area contributed by atoms with E-state index in [1.165, 1.54) is 0 Å². The molecule has 0 fully saturated rings. The van der Waals surface area contributed by atoms with E-state index >= 15 is 0 Å². The van der Waals surface area contributed by atoms with Gasteiger partial charge in [-0.15, -0.1) is 0 Å². The number of nitrogens with zero attached hydrogens (tertiary/aromatic N) is 3. The maximum absolute atomic E-state index is 11.9. The third-order valence-corrected chi connectivity index (χ3v) is 3.72. The Balaban J connectivity index is 2.30. The lowest BCUT2D eigenvalue weighted by Crippen LogP contribution is -2.13. The summed E-state index contributed by atoms with van der Waals surface area (Å²) in [5.41, 5.74) is 2.74. The van der Waals surface area contributed by atoms with Crippen molar-refractivity contribution in [3.63, 3.8) is 0 Å². The van der Waals surface area contributed by atoms with E-state index < -0.39 is 0 Å². The van der Waals surface area contributed by atoms with Gasteiger partial charge in [-0.05, 0) is 43.3 Å². The van der Waals surface area contributed by atoms with Gasteiger partial charge in [0.05, 0.1) is 29.9 Å². The molecule has 0 N–H and O–H groups in total. The van der Waals surface area contributed by atoms with Crippen LogP contribution in [0.1, 0.15) is 18.1 Å². The second kappa shape index (κ2) is 5.82. The van der Waals surface area contributed by atoms with E-state index in [1.807, 2.05) is 16.7 Å². The fourth-order valence-electron chi connectivity index (χ4n) is 2.75. The molecule has 5 nitrogen and oxygen atoms in total. The lowest BCUT2D eigenvalue weighted by molar-refractivity contribution is -0.143. The van der Waals surface area contributed by atoms with Crippen LogP contribution in [0.2, 0.25) is 0 Å². The van der Waals surface area contributed by atoms with E-state index in [4.69, 9.17) is 15.3 Å². The minimum absolute atomic E-state index is 0.0889. The molecule has 0 atom stereocenters. The Labute approximate surface area is 132 Å². The van der Waals surface area contributed by atoms with Crippen LogP contribution in [0.5, 0.6) is 0 Å². The van der Waals surface area contributed by atoms with E-state index in [-0.39, 0.29) is 12.5 Å². The molecule has 3 rings (SSSR count). The van der Waals surface area contributed by atoms with Gasteiger partial charge >= 0.3 is 5.97 Å². The highest BCUT2D eigenvalue weighted by atomic mass is 16.5. The Morgan fingerprint density at radius 3 is 2.00 bits per heavy atom. The monoisotopic (exact) mass is 303 g/mol. The van der Waals surface area contributed by atoms with Gasteiger partial charge in [-0.2, -0.15) is 10.5 Å². The average Bonchev–Trinajstić information content (AvgIpc) is 2.87. The topological polar surface area (TPSA) is 78.8 Å². The first-order valence-corrected chi connectivity index (χ1v) is 7.19. The number of carbonyl (C=O) groups excluding carboxylic acids is 1. The van der Waals surface area contributed by atoms with Gasteiger partial charge in [-0.25, -0.2) is 0 Å². The smallest absolute Gasteiger partial charge is 0.325 e. The maximum atomic E-state index is 11.9. The summed E-state index contributed by atoms with van der Waals surface area (Å²) in [4.78, 5) is 11.9. The molecule has 0 amide bonds. The Bertz CT molecular complexity index is 932. The number of rotatable bonds is 3. The van der Waals surface area contributed by atoms with Crippen LogP contribution in [0, 0.1) is 22.7 Å². The molecule has 0 aliphatic carbocycles. The number of benzene rings is 2. The first kappa shape index (κ1) is 14.6. The molecular formula is C18H13N3O2. The van der Waals surface area contributed by atoms with Gasteiger partial charge in [-0.1, -0.05) is 0 Å². The van der Waals surface area contributed by atoms with Crippen LogP contribution in [-0.2, 0) is 16.1 Å². The van der Waals surface area contributed by atoms with Gasteiger partial charge < -0.3 is 9.30 Å². The molecule has 0 bridgehead atoms. The van der Waals surface area contributed by atoms with Crippen molar-refractivity contribution in [3.05, 3.63) is 47.5 Å². The maximum Gasteiger partial charge on any atom is 0.325 e. The van der Waals surface area contributed by atoms with Crippen molar-refractivity contribution < 1.29 is 9.53 Å². The molecule has 5 heteroatoms. The van der Waals surface area contributed by atoms with Crippen molar-refractivity contribution in [1.82, 2.24) is 4.57 Å². The zero-order valence-corrected chi connectivity index (χ0v) is 12.5. The molecule has 0 unspecified atom stereocenters. The molecule has 112 valence electrons. The van der Waals surface area contributed by atoms with Crippen LogP contribution in [0.15, 0.2) is 36.4 Å². The van der Waals surface area contributed by atoms with E-state index in [1.54, 1.807) is 31.2 Å². The molecule has 0 saturated heterocycles. The van der Waals surface area contributed by atoms with Crippen LogP contribution in [0.25, 0.3) is 21.8 Å². The van der Waals surface area contributed by atoms with Crippen molar-refractivity contribution in [3.8, 4) is 12.1 Å². The van der Waals surface area contributed by atoms with Crippen LogP contribution in [0.3, 0.4) is 0 Å². The van der Waals surface area contributed by atoms with Gasteiger partial charge in [0.2, 0.25) is 0 Å². The molecule has 0 aliphatic rings. The van der Waals surface area contributed by atoms with Crippen molar-refractivity contribution in [1.29, 1.82) is 10.5 Å². The molecule has 1 heterocycles. The van der Waals surface area contributed by atoms with Crippen molar-refractivity contribution in [2.75, 3.05) is 6.61 Å². The van der Waals surface area contributed by atoms with Gasteiger partial charge in [0.1, 0.15) is 6.54 Å². The Morgan fingerprint density at radius 1 is 1.04 bits per heavy atom. The quantitative estimate of drug-likeness (QED) is 0.696. The van der Waals surface area contributed by atoms with Crippen LogP contribution >= 0.6 is 0 Å². The summed E-state index contributed by atoms with van der Waals surface area (Å²) >= 11 is 0. The summed E-state index contributed by atoms with van der Waals surface area (Å²) in [5, 5.41) is 19.9. The Hall–Kier alpha value is -3.31. The Morgan fingerprint density at radius 2 is 1.57 bits per heavy atom. The fourth-order valence-corrected chi connectivity index (χ4v) is 2.75. The average molecular weight is 303 g/mol. The predicted molar refractivity (Wildman–Crippen MR) is 85.5 cm³/mol. The van der Waals surface area contributed by atoms with E-state index in [9.17, 15) is 4.79 Å². The van der Waals surface area contributed by atoms with Crippen LogP contribution < -0.4 is 0 Å². The molecule has 3 aromatic rings. The highest BCUT2D eigenvalue weighted by Gasteiger charge is 2.14. The molecule has 0 radical (unpaired) electrons. The molecule has 23 heavy (non-hydrogen) atoms. The predicted octanol–water partition coefficient (Wildman–Crippen LogP) is 3.10. The summed E-state index contributed by atoms with van der Waals surface area (Å²) in [7, 11) is 0. The second-order valence-corrected chi connectivity index (χ2v) is 5.08. The fraction of sp³-hybridized carbons (Fsp3) is 0.167. The highest BCUT2D eigenvalue weighted by molar-refractivity contribution is 6.09. The van der Waals surface area contributed by atoms with Crippen molar-refractivity contribution >= 4 is 27.8 Å². The number of hydrogen-bond donors (Lipinski definition) is 0. The van der Waals surface area contributed by atoms with Gasteiger partial charge in [0, 0.05) is 21.8 Å². The zero-order chi connectivity index (χ0) is 16.4. The van der Waals surface area contributed by atoms with Crippen molar-refractivity contribution in [2.45, 2.75) is 13.5 Å². The number of carbonyl (C=O) groups is 1. The second-order valence-electron chi connectivity index (χ2n) is 5.08. The number of fused-ring (bicyclic) bond motifs is 3. The molecule has 0 aliphatic heterocycles. The Kier molecular flexibility index (Phi) is 3.70. The lowest BCUT2D eigenvalue weighted by Gasteiger charge is -2.07. The third-order valence-electron chi connectivity index (χ3n) is 3.72. The minimum Gasteiger partial charge on any atom is -0.465 e. The molecule has 2 aromatic carbocycles. The normalized spacial score (nSPS) is 10.4.